The average molecular weight is 260 g/mol. The van der Waals surface area contributed by atoms with Gasteiger partial charge in [-0.15, -0.1) is 0 Å². The number of benzene rings is 2. The van der Waals surface area contributed by atoms with Crippen LogP contribution in [0.15, 0.2) is 54.7 Å². The van der Waals surface area contributed by atoms with E-state index in [2.05, 4.69) is 16.4 Å². The number of amides is 1. The highest BCUT2D eigenvalue weighted by molar-refractivity contribution is 6.35. The highest BCUT2D eigenvalue weighted by Gasteiger charge is 2.23. The minimum Gasteiger partial charge on any atom is -0.361 e. The zero-order chi connectivity index (χ0) is 13.5. The molecule has 0 unspecified atom stereocenters. The maximum absolute atomic E-state index is 12.1. The van der Waals surface area contributed by atoms with E-state index in [0.29, 0.717) is 5.57 Å². The Morgan fingerprint density at radius 3 is 2.70 bits per heavy atom. The molecule has 0 saturated carbocycles. The zero-order valence-electron chi connectivity index (χ0n) is 10.7. The average Bonchev–Trinajstić information content (AvgIpc) is 3.02. The third-order valence-corrected chi connectivity index (χ3v) is 3.63. The summed E-state index contributed by atoms with van der Waals surface area (Å²) in [5.74, 6) is -0.0449. The summed E-state index contributed by atoms with van der Waals surface area (Å²) in [6.45, 7) is 0. The van der Waals surface area contributed by atoms with Gasteiger partial charge < -0.3 is 10.3 Å². The highest BCUT2D eigenvalue weighted by Crippen LogP contribution is 2.33. The van der Waals surface area contributed by atoms with Crippen LogP contribution in [0.3, 0.4) is 0 Å². The Morgan fingerprint density at radius 1 is 0.950 bits per heavy atom. The molecule has 3 aromatic rings. The second-order valence-corrected chi connectivity index (χ2v) is 4.85. The van der Waals surface area contributed by atoms with Crippen LogP contribution in [0.2, 0.25) is 0 Å². The van der Waals surface area contributed by atoms with Gasteiger partial charge in [0.2, 0.25) is 0 Å². The third-order valence-electron chi connectivity index (χ3n) is 3.63. The Kier molecular flexibility index (Phi) is 2.27. The number of H-pyrrole nitrogens is 1. The quantitative estimate of drug-likeness (QED) is 0.644. The number of aromatic amines is 1. The minimum absolute atomic E-state index is 0.0449. The van der Waals surface area contributed by atoms with Gasteiger partial charge in [0.05, 0.1) is 0 Å². The topological polar surface area (TPSA) is 44.9 Å². The number of aromatic nitrogens is 1. The Morgan fingerprint density at radius 2 is 1.75 bits per heavy atom. The molecule has 4 rings (SSSR count). The molecule has 3 nitrogen and oxygen atoms in total. The summed E-state index contributed by atoms with van der Waals surface area (Å²) < 4.78 is 0. The van der Waals surface area contributed by atoms with E-state index in [1.807, 2.05) is 54.7 Å². The van der Waals surface area contributed by atoms with E-state index in [4.69, 9.17) is 0 Å². The van der Waals surface area contributed by atoms with Crippen molar-refractivity contribution < 1.29 is 4.79 Å². The van der Waals surface area contributed by atoms with E-state index in [0.717, 1.165) is 27.7 Å². The Hall–Kier alpha value is -2.81. The standard InChI is InChI=1S/C17H12N2O/c20-17-14(13-6-2-4-8-16(13)19-17)9-11-10-18-15-7-3-1-5-12(11)15/h1-10,18H,(H,19,20)/b14-9-. The van der Waals surface area contributed by atoms with Crippen molar-refractivity contribution in [2.75, 3.05) is 5.32 Å². The van der Waals surface area contributed by atoms with Crippen LogP contribution in [-0.4, -0.2) is 10.9 Å². The number of fused-ring (bicyclic) bond motifs is 2. The largest absolute Gasteiger partial charge is 0.361 e. The summed E-state index contributed by atoms with van der Waals surface area (Å²) in [5.41, 5.74) is 4.66. The number of carbonyl (C=O) groups is 1. The molecule has 96 valence electrons. The van der Waals surface area contributed by atoms with Crippen molar-refractivity contribution in [3.63, 3.8) is 0 Å². The van der Waals surface area contributed by atoms with Crippen LogP contribution < -0.4 is 5.32 Å². The molecule has 3 heteroatoms. The molecule has 0 fully saturated rings. The second kappa shape index (κ2) is 4.10. The molecule has 0 radical (unpaired) electrons. The molecule has 2 aromatic carbocycles. The first-order valence-corrected chi connectivity index (χ1v) is 6.51. The van der Waals surface area contributed by atoms with Crippen molar-refractivity contribution in [3.8, 4) is 0 Å². The Labute approximate surface area is 115 Å². The lowest BCUT2D eigenvalue weighted by Gasteiger charge is -1.97. The van der Waals surface area contributed by atoms with E-state index in [9.17, 15) is 4.79 Å². The van der Waals surface area contributed by atoms with Gasteiger partial charge in [0, 0.05) is 39.5 Å². The van der Waals surface area contributed by atoms with Gasteiger partial charge in [0.1, 0.15) is 0 Å². The summed E-state index contributed by atoms with van der Waals surface area (Å²) in [7, 11) is 0. The van der Waals surface area contributed by atoms with E-state index >= 15 is 0 Å². The molecule has 1 aliphatic rings. The Bertz CT molecular complexity index is 858. The van der Waals surface area contributed by atoms with E-state index in [1.165, 1.54) is 0 Å². The molecular weight excluding hydrogens is 248 g/mol. The van der Waals surface area contributed by atoms with Crippen molar-refractivity contribution in [1.82, 2.24) is 4.98 Å². The molecule has 2 heterocycles. The molecule has 0 atom stereocenters. The number of hydrogen-bond acceptors (Lipinski definition) is 1. The van der Waals surface area contributed by atoms with Gasteiger partial charge in [-0.25, -0.2) is 0 Å². The molecule has 0 saturated heterocycles. The summed E-state index contributed by atoms with van der Waals surface area (Å²) in [5, 5.41) is 4.01. The predicted molar refractivity (Wildman–Crippen MR) is 81.2 cm³/mol. The number of hydrogen-bond donors (Lipinski definition) is 2. The maximum Gasteiger partial charge on any atom is 0.256 e. The van der Waals surface area contributed by atoms with Gasteiger partial charge >= 0.3 is 0 Å². The molecule has 1 aliphatic heterocycles. The van der Waals surface area contributed by atoms with Gasteiger partial charge in [0.25, 0.3) is 5.91 Å². The summed E-state index contributed by atoms with van der Waals surface area (Å²) in [6, 6.07) is 15.8. The second-order valence-electron chi connectivity index (χ2n) is 4.85. The first kappa shape index (κ1) is 11.1. The SMILES string of the molecule is O=C1Nc2ccccc2/C1=C/c1c[nH]c2ccccc12. The monoisotopic (exact) mass is 260 g/mol. The first-order chi connectivity index (χ1) is 9.83. The van der Waals surface area contributed by atoms with Gasteiger partial charge in [-0.05, 0) is 18.2 Å². The van der Waals surface area contributed by atoms with E-state index in [-0.39, 0.29) is 5.91 Å². The molecule has 20 heavy (non-hydrogen) atoms. The van der Waals surface area contributed by atoms with Crippen LogP contribution in [0.4, 0.5) is 5.69 Å². The normalized spacial score (nSPS) is 15.6. The van der Waals surface area contributed by atoms with Crippen LogP contribution in [0.25, 0.3) is 22.6 Å². The number of para-hydroxylation sites is 2. The molecule has 2 N–H and O–H groups in total. The molecule has 0 spiro atoms. The van der Waals surface area contributed by atoms with Crippen molar-refractivity contribution in [2.45, 2.75) is 0 Å². The highest BCUT2D eigenvalue weighted by atomic mass is 16.2. The van der Waals surface area contributed by atoms with Crippen molar-refractivity contribution in [3.05, 3.63) is 65.9 Å². The Balaban J connectivity index is 1.90. The van der Waals surface area contributed by atoms with Gasteiger partial charge in [-0.2, -0.15) is 0 Å². The zero-order valence-corrected chi connectivity index (χ0v) is 10.7. The van der Waals surface area contributed by atoms with Crippen LogP contribution in [-0.2, 0) is 4.79 Å². The van der Waals surface area contributed by atoms with Crippen LogP contribution in [0, 0.1) is 0 Å². The summed E-state index contributed by atoms with van der Waals surface area (Å²) in [6.07, 6.45) is 3.88. The van der Waals surface area contributed by atoms with E-state index < -0.39 is 0 Å². The van der Waals surface area contributed by atoms with Crippen molar-refractivity contribution in [2.24, 2.45) is 0 Å². The number of anilines is 1. The van der Waals surface area contributed by atoms with Crippen molar-refractivity contribution in [1.29, 1.82) is 0 Å². The van der Waals surface area contributed by atoms with Crippen molar-refractivity contribution >= 4 is 34.1 Å². The molecule has 1 aromatic heterocycles. The molecule has 0 aliphatic carbocycles. The number of carbonyl (C=O) groups excluding carboxylic acids is 1. The fourth-order valence-corrected chi connectivity index (χ4v) is 2.65. The fraction of sp³-hybridized carbons (Fsp3) is 0. The fourth-order valence-electron chi connectivity index (χ4n) is 2.65. The lowest BCUT2D eigenvalue weighted by molar-refractivity contribution is -0.110. The predicted octanol–water partition coefficient (Wildman–Crippen LogP) is 3.66. The number of nitrogens with one attached hydrogen (secondary N) is 2. The van der Waals surface area contributed by atoms with Gasteiger partial charge in [0.15, 0.2) is 0 Å². The lowest BCUT2D eigenvalue weighted by Crippen LogP contribution is -2.03. The minimum atomic E-state index is -0.0449. The molecular formula is C17H12N2O. The third kappa shape index (κ3) is 1.57. The van der Waals surface area contributed by atoms with E-state index in [1.54, 1.807) is 0 Å². The van der Waals surface area contributed by atoms with Crippen LogP contribution in [0.1, 0.15) is 11.1 Å². The lowest BCUT2D eigenvalue weighted by atomic mass is 10.0. The van der Waals surface area contributed by atoms with Crippen LogP contribution >= 0.6 is 0 Å². The molecule has 0 bridgehead atoms. The van der Waals surface area contributed by atoms with Crippen LogP contribution in [0.5, 0.6) is 0 Å². The summed E-state index contributed by atoms with van der Waals surface area (Å²) >= 11 is 0. The first-order valence-electron chi connectivity index (χ1n) is 6.51. The maximum atomic E-state index is 12.1. The molecule has 1 amide bonds. The van der Waals surface area contributed by atoms with Gasteiger partial charge in [-0.3, -0.25) is 4.79 Å². The number of rotatable bonds is 1. The smallest absolute Gasteiger partial charge is 0.256 e. The van der Waals surface area contributed by atoms with Gasteiger partial charge in [-0.1, -0.05) is 36.4 Å². The summed E-state index contributed by atoms with van der Waals surface area (Å²) in [4.78, 5) is 15.3.